The lowest BCUT2D eigenvalue weighted by Gasteiger charge is -2.38. The summed E-state index contributed by atoms with van der Waals surface area (Å²) in [6, 6.07) is 6.80. The first kappa shape index (κ1) is 12.6. The van der Waals surface area contributed by atoms with Gasteiger partial charge in [0.25, 0.3) is 0 Å². The fourth-order valence-electron chi connectivity index (χ4n) is 3.31. The number of nitrogens with zero attached hydrogens (tertiary/aromatic N) is 1. The first-order chi connectivity index (χ1) is 9.86. The highest BCUT2D eigenvalue weighted by Gasteiger charge is 2.45. The molecule has 1 aromatic carbocycles. The van der Waals surface area contributed by atoms with E-state index in [0.717, 1.165) is 50.3 Å². The molecule has 20 heavy (non-hydrogen) atoms. The van der Waals surface area contributed by atoms with Crippen LogP contribution < -0.4 is 5.32 Å². The molecular formula is C15H18N2O2S. The van der Waals surface area contributed by atoms with Gasteiger partial charge in [0.15, 0.2) is 0 Å². The van der Waals surface area contributed by atoms with Crippen molar-refractivity contribution in [2.45, 2.75) is 30.9 Å². The van der Waals surface area contributed by atoms with E-state index in [-0.39, 0.29) is 5.60 Å². The number of fused-ring (bicyclic) bond motifs is 1. The Hall–Kier alpha value is -1.17. The lowest BCUT2D eigenvalue weighted by molar-refractivity contribution is -0.0815. The molecule has 0 amide bonds. The minimum Gasteiger partial charge on any atom is -0.381 e. The number of aromatic nitrogens is 1. The maximum Gasteiger partial charge on any atom is 0.0927 e. The molecular weight excluding hydrogens is 272 g/mol. The maximum absolute atomic E-state index is 6.08. The number of hydrogen-bond acceptors (Lipinski definition) is 5. The zero-order valence-electron chi connectivity index (χ0n) is 11.3. The van der Waals surface area contributed by atoms with Gasteiger partial charge in [-0.1, -0.05) is 0 Å². The topological polar surface area (TPSA) is 43.4 Å². The van der Waals surface area contributed by atoms with Gasteiger partial charge in [0.2, 0.25) is 0 Å². The van der Waals surface area contributed by atoms with Crippen molar-refractivity contribution >= 4 is 27.2 Å². The molecule has 4 nitrogen and oxygen atoms in total. The predicted octanol–water partition coefficient (Wildman–Crippen LogP) is 3.05. The molecule has 1 atom stereocenters. The van der Waals surface area contributed by atoms with E-state index in [1.807, 2.05) is 5.51 Å². The number of ether oxygens (including phenoxy) is 2. The summed E-state index contributed by atoms with van der Waals surface area (Å²) in [7, 11) is 0. The normalized spacial score (nSPS) is 25.3. The van der Waals surface area contributed by atoms with Crippen molar-refractivity contribution in [3.05, 3.63) is 23.7 Å². The molecule has 0 saturated carbocycles. The van der Waals surface area contributed by atoms with Crippen molar-refractivity contribution in [2.75, 3.05) is 25.1 Å². The van der Waals surface area contributed by atoms with Crippen LogP contribution in [0, 0.1) is 0 Å². The summed E-state index contributed by atoms with van der Waals surface area (Å²) in [4.78, 5) is 4.39. The van der Waals surface area contributed by atoms with Crippen molar-refractivity contribution in [3.8, 4) is 0 Å². The molecule has 2 saturated heterocycles. The predicted molar refractivity (Wildman–Crippen MR) is 80.4 cm³/mol. The zero-order valence-corrected chi connectivity index (χ0v) is 12.1. The Kier molecular flexibility index (Phi) is 3.13. The van der Waals surface area contributed by atoms with Crippen LogP contribution in [0.1, 0.15) is 19.3 Å². The van der Waals surface area contributed by atoms with Crippen LogP contribution in [-0.2, 0) is 9.47 Å². The molecule has 2 aliphatic heterocycles. The average molecular weight is 290 g/mol. The van der Waals surface area contributed by atoms with E-state index in [1.165, 1.54) is 4.70 Å². The molecule has 2 aliphatic rings. The van der Waals surface area contributed by atoms with Crippen molar-refractivity contribution < 1.29 is 9.47 Å². The minimum atomic E-state index is -0.0325. The molecule has 5 heteroatoms. The molecule has 2 fully saturated rings. The molecule has 2 aromatic rings. The third kappa shape index (κ3) is 2.10. The summed E-state index contributed by atoms with van der Waals surface area (Å²) < 4.78 is 12.8. The molecule has 106 valence electrons. The van der Waals surface area contributed by atoms with E-state index in [4.69, 9.17) is 9.47 Å². The van der Waals surface area contributed by atoms with Crippen LogP contribution in [0.15, 0.2) is 23.7 Å². The zero-order chi connectivity index (χ0) is 13.4. The molecule has 0 radical (unpaired) electrons. The van der Waals surface area contributed by atoms with Crippen molar-refractivity contribution in [1.82, 2.24) is 4.98 Å². The van der Waals surface area contributed by atoms with Gasteiger partial charge in [-0.15, -0.1) is 11.3 Å². The Morgan fingerprint density at radius 3 is 3.05 bits per heavy atom. The monoisotopic (exact) mass is 290 g/mol. The van der Waals surface area contributed by atoms with Gasteiger partial charge >= 0.3 is 0 Å². The Bertz CT molecular complexity index is 607. The summed E-state index contributed by atoms with van der Waals surface area (Å²) in [5.74, 6) is 0. The Morgan fingerprint density at radius 2 is 2.15 bits per heavy atom. The quantitative estimate of drug-likeness (QED) is 0.923. The summed E-state index contributed by atoms with van der Waals surface area (Å²) in [5.41, 5.74) is 4.08. The minimum absolute atomic E-state index is 0.0325. The van der Waals surface area contributed by atoms with Gasteiger partial charge in [-0.3, -0.25) is 0 Å². The second-order valence-corrected chi connectivity index (χ2v) is 6.43. The highest BCUT2D eigenvalue weighted by atomic mass is 32.1. The van der Waals surface area contributed by atoms with Gasteiger partial charge in [0.05, 0.1) is 27.4 Å². The van der Waals surface area contributed by atoms with Crippen molar-refractivity contribution in [1.29, 1.82) is 0 Å². The molecule has 4 rings (SSSR count). The third-order valence-electron chi connectivity index (χ3n) is 4.44. The van der Waals surface area contributed by atoms with E-state index >= 15 is 0 Å². The molecule has 1 unspecified atom stereocenters. The molecule has 1 N–H and O–H groups in total. The number of thiazole rings is 1. The van der Waals surface area contributed by atoms with Crippen LogP contribution in [0.4, 0.5) is 5.69 Å². The van der Waals surface area contributed by atoms with Crippen LogP contribution >= 0.6 is 11.3 Å². The Balaban J connectivity index is 1.57. The van der Waals surface area contributed by atoms with Gasteiger partial charge in [0.1, 0.15) is 0 Å². The molecule has 0 bridgehead atoms. The molecule has 0 aliphatic carbocycles. The number of benzene rings is 1. The highest BCUT2D eigenvalue weighted by molar-refractivity contribution is 7.16. The average Bonchev–Trinajstić information content (AvgIpc) is 3.08. The van der Waals surface area contributed by atoms with E-state index < -0.39 is 0 Å². The highest BCUT2D eigenvalue weighted by Crippen LogP contribution is 2.37. The molecule has 3 heterocycles. The lowest BCUT2D eigenvalue weighted by atomic mass is 9.86. The molecule has 1 aromatic heterocycles. The third-order valence-corrected chi connectivity index (χ3v) is 5.25. The Morgan fingerprint density at radius 1 is 1.25 bits per heavy atom. The largest absolute Gasteiger partial charge is 0.381 e. The van der Waals surface area contributed by atoms with E-state index in [0.29, 0.717) is 6.04 Å². The van der Waals surface area contributed by atoms with Crippen LogP contribution in [-0.4, -0.2) is 36.4 Å². The van der Waals surface area contributed by atoms with E-state index in [2.05, 4.69) is 28.5 Å². The maximum atomic E-state index is 6.08. The second-order valence-electron chi connectivity index (χ2n) is 5.55. The summed E-state index contributed by atoms with van der Waals surface area (Å²) in [6.45, 7) is 2.46. The van der Waals surface area contributed by atoms with Gasteiger partial charge in [0, 0.05) is 38.3 Å². The standard InChI is InChI=1S/C15H18N2O2S/c1-2-13-12(16-10-20-13)9-11(1)17-14-3-6-19-15(14)4-7-18-8-5-15/h1-2,9-10,14,17H,3-8H2. The smallest absolute Gasteiger partial charge is 0.0927 e. The summed E-state index contributed by atoms with van der Waals surface area (Å²) in [5, 5.41) is 3.67. The second kappa shape index (κ2) is 4.98. The summed E-state index contributed by atoms with van der Waals surface area (Å²) >= 11 is 1.68. The first-order valence-electron chi connectivity index (χ1n) is 7.17. The SMILES string of the molecule is c1nc2cc(NC3CCOC34CCOCC4)ccc2s1. The van der Waals surface area contributed by atoms with Gasteiger partial charge < -0.3 is 14.8 Å². The lowest BCUT2D eigenvalue weighted by Crippen LogP contribution is -2.47. The van der Waals surface area contributed by atoms with E-state index in [9.17, 15) is 0 Å². The first-order valence-corrected chi connectivity index (χ1v) is 8.05. The van der Waals surface area contributed by atoms with Crippen LogP contribution in [0.5, 0.6) is 0 Å². The van der Waals surface area contributed by atoms with Crippen molar-refractivity contribution in [3.63, 3.8) is 0 Å². The molecule has 1 spiro atoms. The summed E-state index contributed by atoms with van der Waals surface area (Å²) in [6.07, 6.45) is 3.04. The van der Waals surface area contributed by atoms with Crippen molar-refractivity contribution in [2.24, 2.45) is 0 Å². The van der Waals surface area contributed by atoms with E-state index in [1.54, 1.807) is 11.3 Å². The van der Waals surface area contributed by atoms with Gasteiger partial charge in [-0.2, -0.15) is 0 Å². The van der Waals surface area contributed by atoms with Crippen LogP contribution in [0.3, 0.4) is 0 Å². The van der Waals surface area contributed by atoms with Gasteiger partial charge in [-0.05, 0) is 24.6 Å². The Labute approximate surface area is 122 Å². The number of rotatable bonds is 2. The fourth-order valence-corrected chi connectivity index (χ4v) is 3.96. The van der Waals surface area contributed by atoms with Crippen LogP contribution in [0.2, 0.25) is 0 Å². The fraction of sp³-hybridized carbons (Fsp3) is 0.533. The van der Waals surface area contributed by atoms with Crippen LogP contribution in [0.25, 0.3) is 10.2 Å². The van der Waals surface area contributed by atoms with Gasteiger partial charge in [-0.25, -0.2) is 4.98 Å². The number of nitrogens with one attached hydrogen (secondary N) is 1. The number of hydrogen-bond donors (Lipinski definition) is 1. The number of anilines is 1.